The lowest BCUT2D eigenvalue weighted by molar-refractivity contribution is -0.124. The summed E-state index contributed by atoms with van der Waals surface area (Å²) in [6.45, 7) is 9.66. The molecule has 2 aliphatic rings. The van der Waals surface area contributed by atoms with Crippen molar-refractivity contribution in [2.75, 3.05) is 24.6 Å². The molecule has 0 aliphatic carbocycles. The Morgan fingerprint density at radius 1 is 1.19 bits per heavy atom. The Bertz CT molecular complexity index is 1420. The smallest absolute Gasteiger partial charge is 0.225 e. The fourth-order valence-electron chi connectivity index (χ4n) is 5.46. The number of benzene rings is 1. The summed E-state index contributed by atoms with van der Waals surface area (Å²) in [7, 11) is 0. The molecule has 0 saturated carbocycles. The second-order valence-electron chi connectivity index (χ2n) is 9.97. The van der Waals surface area contributed by atoms with Gasteiger partial charge in [-0.2, -0.15) is 0 Å². The first-order valence-corrected chi connectivity index (χ1v) is 12.5. The van der Waals surface area contributed by atoms with E-state index in [4.69, 9.17) is 14.2 Å². The predicted molar refractivity (Wildman–Crippen MR) is 136 cm³/mol. The summed E-state index contributed by atoms with van der Waals surface area (Å²) in [6, 6.07) is 9.99. The third kappa shape index (κ3) is 3.61. The van der Waals surface area contributed by atoms with Crippen molar-refractivity contribution in [2.45, 2.75) is 46.2 Å². The van der Waals surface area contributed by atoms with Gasteiger partial charge in [0, 0.05) is 30.9 Å². The summed E-state index contributed by atoms with van der Waals surface area (Å²) in [6.07, 6.45) is 2.60. The first kappa shape index (κ1) is 22.6. The summed E-state index contributed by atoms with van der Waals surface area (Å²) in [5.74, 6) is 2.42. The van der Waals surface area contributed by atoms with Crippen LogP contribution in [-0.2, 0) is 4.79 Å². The van der Waals surface area contributed by atoms with Crippen LogP contribution in [0.15, 0.2) is 41.1 Å². The van der Waals surface area contributed by atoms with Crippen molar-refractivity contribution in [2.24, 2.45) is 5.92 Å². The number of amides is 1. The number of anilines is 1. The van der Waals surface area contributed by atoms with Crippen molar-refractivity contribution in [1.29, 1.82) is 0 Å². The van der Waals surface area contributed by atoms with Gasteiger partial charge in [-0.1, -0.05) is 11.2 Å². The molecule has 2 aliphatic heterocycles. The van der Waals surface area contributed by atoms with Gasteiger partial charge in [-0.05, 0) is 58.4 Å². The van der Waals surface area contributed by atoms with E-state index in [1.54, 1.807) is 6.20 Å². The molecule has 9 heteroatoms. The van der Waals surface area contributed by atoms with Crippen LogP contribution in [0.1, 0.15) is 43.5 Å². The van der Waals surface area contributed by atoms with Crippen molar-refractivity contribution in [1.82, 2.24) is 25.0 Å². The van der Waals surface area contributed by atoms with E-state index in [2.05, 4.69) is 24.9 Å². The van der Waals surface area contributed by atoms with Gasteiger partial charge in [0.05, 0.1) is 28.4 Å². The Morgan fingerprint density at radius 2 is 2.06 bits per heavy atom. The number of hydrogen-bond donors (Lipinski definition) is 1. The number of aromatic nitrogens is 4. The normalized spacial score (nSPS) is 19.2. The lowest BCUT2D eigenvalue weighted by Gasteiger charge is -2.30. The zero-order valence-corrected chi connectivity index (χ0v) is 21.0. The zero-order chi connectivity index (χ0) is 25.0. The summed E-state index contributed by atoms with van der Waals surface area (Å²) in [4.78, 5) is 24.7. The van der Waals surface area contributed by atoms with Gasteiger partial charge in [-0.25, -0.2) is 4.98 Å². The number of pyridine rings is 1. The maximum Gasteiger partial charge on any atom is 0.225 e. The molecule has 5 heterocycles. The van der Waals surface area contributed by atoms with Crippen LogP contribution in [0.4, 0.5) is 5.95 Å². The number of nitrogens with one attached hydrogen (secondary N) is 1. The van der Waals surface area contributed by atoms with Crippen LogP contribution < -0.4 is 15.0 Å². The highest BCUT2D eigenvalue weighted by Gasteiger charge is 2.36. The van der Waals surface area contributed by atoms with Gasteiger partial charge in [0.1, 0.15) is 23.9 Å². The molecule has 9 nitrogen and oxygen atoms in total. The van der Waals surface area contributed by atoms with Gasteiger partial charge < -0.3 is 19.5 Å². The first-order valence-electron chi connectivity index (χ1n) is 12.5. The van der Waals surface area contributed by atoms with Crippen molar-refractivity contribution in [3.8, 4) is 16.9 Å². The van der Waals surface area contributed by atoms with Crippen LogP contribution in [-0.4, -0.2) is 51.3 Å². The Balaban J connectivity index is 1.50. The molecule has 0 spiro atoms. The van der Waals surface area contributed by atoms with Crippen molar-refractivity contribution in [3.05, 3.63) is 53.7 Å². The van der Waals surface area contributed by atoms with E-state index in [0.29, 0.717) is 13.2 Å². The highest BCUT2D eigenvalue weighted by Crippen LogP contribution is 2.46. The average Bonchev–Trinajstić information content (AvgIpc) is 3.58. The van der Waals surface area contributed by atoms with Gasteiger partial charge in [0.25, 0.3) is 0 Å². The van der Waals surface area contributed by atoms with Gasteiger partial charge in [-0.15, -0.1) is 0 Å². The fraction of sp³-hybridized carbons (Fsp3) is 0.407. The molecule has 2 atom stereocenters. The van der Waals surface area contributed by atoms with Gasteiger partial charge >= 0.3 is 0 Å². The van der Waals surface area contributed by atoms with Gasteiger partial charge in [0.15, 0.2) is 5.75 Å². The minimum Gasteiger partial charge on any atom is -0.488 e. The molecule has 1 N–H and O–H groups in total. The third-order valence-electron chi connectivity index (χ3n) is 7.09. The summed E-state index contributed by atoms with van der Waals surface area (Å²) >= 11 is 0. The highest BCUT2D eigenvalue weighted by molar-refractivity contribution is 5.94. The van der Waals surface area contributed by atoms with Crippen LogP contribution in [0.3, 0.4) is 0 Å². The van der Waals surface area contributed by atoms with Gasteiger partial charge in [-0.3, -0.25) is 14.3 Å². The number of carbonyl (C=O) groups is 1. The SMILES string of the molecule is Cc1noc(C)c1-c1ccc2nc(N3CCC(C(=O)NC(C)C)C3)n3c2c1OCC3c1ccccn1. The van der Waals surface area contributed by atoms with Crippen molar-refractivity contribution in [3.63, 3.8) is 0 Å². The van der Waals surface area contributed by atoms with E-state index in [0.717, 1.165) is 64.0 Å². The van der Waals surface area contributed by atoms with E-state index >= 15 is 0 Å². The maximum absolute atomic E-state index is 12.7. The molecule has 0 bridgehead atoms. The minimum atomic E-state index is -0.137. The number of imidazole rings is 1. The van der Waals surface area contributed by atoms with Crippen LogP contribution in [0.25, 0.3) is 22.2 Å². The molecule has 4 aromatic rings. The number of rotatable bonds is 5. The predicted octanol–water partition coefficient (Wildman–Crippen LogP) is 4.04. The molecular formula is C27H30N6O3. The Kier molecular flexibility index (Phi) is 5.43. The molecule has 36 heavy (non-hydrogen) atoms. The summed E-state index contributed by atoms with van der Waals surface area (Å²) < 4.78 is 14.2. The molecular weight excluding hydrogens is 456 g/mol. The van der Waals surface area contributed by atoms with Crippen LogP contribution >= 0.6 is 0 Å². The molecule has 0 radical (unpaired) electrons. The molecule has 2 unspecified atom stereocenters. The average molecular weight is 487 g/mol. The molecule has 1 saturated heterocycles. The second kappa shape index (κ2) is 8.65. The monoisotopic (exact) mass is 486 g/mol. The van der Waals surface area contributed by atoms with E-state index in [9.17, 15) is 4.79 Å². The molecule has 1 fully saturated rings. The number of aryl methyl sites for hydroxylation is 2. The minimum absolute atomic E-state index is 0.0644. The summed E-state index contributed by atoms with van der Waals surface area (Å²) in [5, 5.41) is 7.22. The molecule has 1 amide bonds. The Hall–Kier alpha value is -3.88. The molecule has 186 valence electrons. The van der Waals surface area contributed by atoms with Crippen LogP contribution in [0, 0.1) is 19.8 Å². The lowest BCUT2D eigenvalue weighted by atomic mass is 10.0. The Labute approximate surface area is 209 Å². The van der Waals surface area contributed by atoms with E-state index in [-0.39, 0.29) is 23.9 Å². The van der Waals surface area contributed by atoms with E-state index < -0.39 is 0 Å². The third-order valence-corrected chi connectivity index (χ3v) is 7.09. The second-order valence-corrected chi connectivity index (χ2v) is 9.97. The molecule has 3 aromatic heterocycles. The zero-order valence-electron chi connectivity index (χ0n) is 21.0. The first-order chi connectivity index (χ1) is 17.4. The number of ether oxygens (including phenoxy) is 1. The fourth-order valence-corrected chi connectivity index (χ4v) is 5.46. The van der Waals surface area contributed by atoms with E-state index in [1.165, 1.54) is 0 Å². The van der Waals surface area contributed by atoms with Crippen LogP contribution in [0.2, 0.25) is 0 Å². The highest BCUT2D eigenvalue weighted by atomic mass is 16.5. The number of nitrogens with zero attached hydrogens (tertiary/aromatic N) is 5. The number of carbonyl (C=O) groups excluding carboxylic acids is 1. The van der Waals surface area contributed by atoms with Crippen molar-refractivity contribution < 1.29 is 14.1 Å². The van der Waals surface area contributed by atoms with Crippen LogP contribution in [0.5, 0.6) is 5.75 Å². The molecule has 1 aromatic carbocycles. The molecule has 6 rings (SSSR count). The largest absolute Gasteiger partial charge is 0.488 e. The Morgan fingerprint density at radius 3 is 2.78 bits per heavy atom. The van der Waals surface area contributed by atoms with E-state index in [1.807, 2.05) is 58.0 Å². The van der Waals surface area contributed by atoms with Gasteiger partial charge in [0.2, 0.25) is 11.9 Å². The lowest BCUT2D eigenvalue weighted by Crippen LogP contribution is -2.37. The topological polar surface area (TPSA) is 98.3 Å². The quantitative estimate of drug-likeness (QED) is 0.455. The standard InChI is InChI=1S/C27H30N6O3/c1-15(2)29-26(34)18-10-12-32(13-18)27-30-21-9-8-19(23-16(3)31-36-17(23)4)25-24(21)33(27)22(14-35-25)20-7-5-6-11-28-20/h5-9,11,15,18,22H,10,12-14H2,1-4H3,(H,29,34). The van der Waals surface area contributed by atoms with Crippen molar-refractivity contribution >= 4 is 22.9 Å². The number of hydrogen-bond acceptors (Lipinski definition) is 7. The summed E-state index contributed by atoms with van der Waals surface area (Å²) in [5.41, 5.74) is 5.42. The maximum atomic E-state index is 12.7.